The second kappa shape index (κ2) is 5.48. The van der Waals surface area contributed by atoms with Crippen LogP contribution in [0, 0.1) is 5.92 Å². The van der Waals surface area contributed by atoms with Crippen LogP contribution in [0.2, 0.25) is 0 Å². The molecule has 1 aliphatic heterocycles. The van der Waals surface area contributed by atoms with Gasteiger partial charge in [0.2, 0.25) is 0 Å². The summed E-state index contributed by atoms with van der Waals surface area (Å²) in [5, 5.41) is 3.40. The van der Waals surface area contributed by atoms with E-state index in [0.29, 0.717) is 0 Å². The Hall–Kier alpha value is -0.120. The minimum absolute atomic E-state index is 0.0420. The molecule has 1 heterocycles. The molecule has 16 heavy (non-hydrogen) atoms. The van der Waals surface area contributed by atoms with Gasteiger partial charge in [-0.25, -0.2) is 0 Å². The van der Waals surface area contributed by atoms with Crippen LogP contribution in [-0.2, 0) is 9.47 Å². The Morgan fingerprint density at radius 2 is 2.00 bits per heavy atom. The number of nitrogens with one attached hydrogen (secondary N) is 1. The molecular weight excluding hydrogens is 202 g/mol. The third kappa shape index (κ3) is 3.72. The predicted octanol–water partition coefficient (Wildman–Crippen LogP) is 1.96. The molecule has 94 valence electrons. The molecule has 0 amide bonds. The van der Waals surface area contributed by atoms with Crippen LogP contribution in [-0.4, -0.2) is 38.0 Å². The molecule has 3 nitrogen and oxygen atoms in total. The molecule has 1 saturated carbocycles. The van der Waals surface area contributed by atoms with Crippen molar-refractivity contribution in [3.8, 4) is 0 Å². The van der Waals surface area contributed by atoms with E-state index in [2.05, 4.69) is 19.2 Å². The number of ether oxygens (including phenoxy) is 2. The van der Waals surface area contributed by atoms with Gasteiger partial charge in [-0.3, -0.25) is 0 Å². The number of morpholine rings is 1. The standard InChI is InChI=1S/C13H25NO2/c1-13(2)10-14-7-12(16-13)9-15-8-11-5-3-4-6-11/h11-12,14H,3-10H2,1-2H3. The highest BCUT2D eigenvalue weighted by molar-refractivity contribution is 4.81. The maximum Gasteiger partial charge on any atom is 0.0940 e. The first-order valence-electron chi connectivity index (χ1n) is 6.62. The molecule has 2 aliphatic rings. The minimum atomic E-state index is -0.0420. The van der Waals surface area contributed by atoms with E-state index in [1.54, 1.807) is 0 Å². The molecule has 2 rings (SSSR count). The highest BCUT2D eigenvalue weighted by Crippen LogP contribution is 2.25. The van der Waals surface area contributed by atoms with Crippen molar-refractivity contribution in [1.29, 1.82) is 0 Å². The molecule has 2 fully saturated rings. The van der Waals surface area contributed by atoms with Crippen LogP contribution in [0.1, 0.15) is 39.5 Å². The van der Waals surface area contributed by atoms with Crippen molar-refractivity contribution >= 4 is 0 Å². The Balaban J connectivity index is 1.61. The van der Waals surface area contributed by atoms with Crippen LogP contribution in [0.5, 0.6) is 0 Å². The molecular formula is C13H25NO2. The van der Waals surface area contributed by atoms with Crippen LogP contribution in [0.25, 0.3) is 0 Å². The quantitative estimate of drug-likeness (QED) is 0.796. The summed E-state index contributed by atoms with van der Waals surface area (Å²) < 4.78 is 11.7. The van der Waals surface area contributed by atoms with Crippen LogP contribution in [0.4, 0.5) is 0 Å². The summed E-state index contributed by atoms with van der Waals surface area (Å²) in [5.74, 6) is 0.810. The van der Waals surface area contributed by atoms with Gasteiger partial charge < -0.3 is 14.8 Å². The molecule has 3 heteroatoms. The van der Waals surface area contributed by atoms with Crippen LogP contribution >= 0.6 is 0 Å². The maximum absolute atomic E-state index is 5.95. The normalized spacial score (nSPS) is 30.8. The first-order valence-corrected chi connectivity index (χ1v) is 6.62. The maximum atomic E-state index is 5.95. The largest absolute Gasteiger partial charge is 0.378 e. The summed E-state index contributed by atoms with van der Waals surface area (Å²) in [4.78, 5) is 0. The van der Waals surface area contributed by atoms with Crippen molar-refractivity contribution in [3.63, 3.8) is 0 Å². The molecule has 1 N–H and O–H groups in total. The van der Waals surface area contributed by atoms with Crippen molar-refractivity contribution in [2.75, 3.05) is 26.3 Å². The second-order valence-corrected chi connectivity index (χ2v) is 5.82. The Bertz CT molecular complexity index is 212. The molecule has 0 bridgehead atoms. The van der Waals surface area contributed by atoms with Crippen LogP contribution in [0.3, 0.4) is 0 Å². The molecule has 0 aromatic heterocycles. The van der Waals surface area contributed by atoms with Gasteiger partial charge in [-0.2, -0.15) is 0 Å². The highest BCUT2D eigenvalue weighted by atomic mass is 16.5. The lowest BCUT2D eigenvalue weighted by molar-refractivity contribution is -0.122. The molecule has 0 aromatic carbocycles. The lowest BCUT2D eigenvalue weighted by Gasteiger charge is -2.36. The summed E-state index contributed by atoms with van der Waals surface area (Å²) in [5.41, 5.74) is -0.0420. The van der Waals surface area contributed by atoms with Gasteiger partial charge in [-0.1, -0.05) is 12.8 Å². The second-order valence-electron chi connectivity index (χ2n) is 5.82. The van der Waals surface area contributed by atoms with E-state index < -0.39 is 0 Å². The lowest BCUT2D eigenvalue weighted by atomic mass is 10.1. The van der Waals surface area contributed by atoms with E-state index >= 15 is 0 Å². The van der Waals surface area contributed by atoms with Crippen LogP contribution in [0.15, 0.2) is 0 Å². The van der Waals surface area contributed by atoms with Crippen molar-refractivity contribution < 1.29 is 9.47 Å². The van der Waals surface area contributed by atoms with Crippen molar-refractivity contribution in [3.05, 3.63) is 0 Å². The third-order valence-electron chi connectivity index (χ3n) is 3.54. The molecule has 1 saturated heterocycles. The van der Waals surface area contributed by atoms with Gasteiger partial charge in [0.05, 0.1) is 18.3 Å². The summed E-state index contributed by atoms with van der Waals surface area (Å²) in [6.45, 7) is 7.79. The van der Waals surface area contributed by atoms with Gasteiger partial charge >= 0.3 is 0 Å². The Labute approximate surface area is 98.9 Å². The fourth-order valence-corrected chi connectivity index (χ4v) is 2.70. The number of rotatable bonds is 4. The van der Waals surface area contributed by atoms with E-state index in [4.69, 9.17) is 9.47 Å². The van der Waals surface area contributed by atoms with Gasteiger partial charge in [0.25, 0.3) is 0 Å². The molecule has 1 aliphatic carbocycles. The zero-order valence-corrected chi connectivity index (χ0v) is 10.6. The van der Waals surface area contributed by atoms with Crippen molar-refractivity contribution in [2.24, 2.45) is 5.92 Å². The SMILES string of the molecule is CC1(C)CNCC(COCC2CCCC2)O1. The Morgan fingerprint density at radius 3 is 2.69 bits per heavy atom. The Kier molecular flexibility index (Phi) is 4.22. The predicted molar refractivity (Wildman–Crippen MR) is 64.6 cm³/mol. The van der Waals surface area contributed by atoms with E-state index in [1.807, 2.05) is 0 Å². The summed E-state index contributed by atoms with van der Waals surface area (Å²) in [6, 6.07) is 0. The van der Waals surface area contributed by atoms with Gasteiger partial charge in [0.1, 0.15) is 0 Å². The zero-order chi connectivity index (χ0) is 11.4. The molecule has 0 radical (unpaired) electrons. The van der Waals surface area contributed by atoms with E-state index in [0.717, 1.165) is 32.2 Å². The molecule has 0 aromatic rings. The highest BCUT2D eigenvalue weighted by Gasteiger charge is 2.28. The summed E-state index contributed by atoms with van der Waals surface area (Å²) >= 11 is 0. The fourth-order valence-electron chi connectivity index (χ4n) is 2.70. The number of hydrogen-bond donors (Lipinski definition) is 1. The van der Waals surface area contributed by atoms with Crippen LogP contribution < -0.4 is 5.32 Å². The smallest absolute Gasteiger partial charge is 0.0940 e. The van der Waals surface area contributed by atoms with Gasteiger partial charge in [0, 0.05) is 19.7 Å². The Morgan fingerprint density at radius 1 is 1.25 bits per heavy atom. The van der Waals surface area contributed by atoms with Crippen molar-refractivity contribution in [1.82, 2.24) is 5.32 Å². The van der Waals surface area contributed by atoms with E-state index in [1.165, 1.54) is 25.7 Å². The lowest BCUT2D eigenvalue weighted by Crippen LogP contribution is -2.51. The molecule has 0 spiro atoms. The van der Waals surface area contributed by atoms with Gasteiger partial charge in [0.15, 0.2) is 0 Å². The molecule has 1 unspecified atom stereocenters. The molecule has 1 atom stereocenters. The summed E-state index contributed by atoms with van der Waals surface area (Å²) in [6.07, 6.45) is 5.72. The van der Waals surface area contributed by atoms with Gasteiger partial charge in [-0.05, 0) is 32.6 Å². The average Bonchev–Trinajstić information content (AvgIpc) is 2.69. The number of hydrogen-bond acceptors (Lipinski definition) is 3. The zero-order valence-electron chi connectivity index (χ0n) is 10.6. The third-order valence-corrected chi connectivity index (χ3v) is 3.54. The first kappa shape index (κ1) is 12.3. The first-order chi connectivity index (χ1) is 7.66. The van der Waals surface area contributed by atoms with E-state index in [-0.39, 0.29) is 11.7 Å². The summed E-state index contributed by atoms with van der Waals surface area (Å²) in [7, 11) is 0. The van der Waals surface area contributed by atoms with Gasteiger partial charge in [-0.15, -0.1) is 0 Å². The fraction of sp³-hybridized carbons (Fsp3) is 1.00. The monoisotopic (exact) mass is 227 g/mol. The van der Waals surface area contributed by atoms with E-state index in [9.17, 15) is 0 Å². The average molecular weight is 227 g/mol. The van der Waals surface area contributed by atoms with Crippen molar-refractivity contribution in [2.45, 2.75) is 51.2 Å². The minimum Gasteiger partial charge on any atom is -0.378 e. The topological polar surface area (TPSA) is 30.5 Å².